The standard InChI is InChI=1S/C18H18N2O2/c1-12-4-6-17-15(10-12)19-18(21)14-11-13(5-7-16(14)22-17)20-8-2-3-9-20/h4-7,10-11H,2-3,8-9H2,1H3,(H,19,21). The van der Waals surface area contributed by atoms with Crippen molar-refractivity contribution in [1.82, 2.24) is 0 Å². The lowest BCUT2D eigenvalue weighted by Gasteiger charge is -2.18. The smallest absolute Gasteiger partial charge is 0.259 e. The van der Waals surface area contributed by atoms with Crippen molar-refractivity contribution in [2.45, 2.75) is 19.8 Å². The molecule has 22 heavy (non-hydrogen) atoms. The summed E-state index contributed by atoms with van der Waals surface area (Å²) in [6.45, 7) is 4.11. The van der Waals surface area contributed by atoms with E-state index in [1.807, 2.05) is 43.3 Å². The van der Waals surface area contributed by atoms with Crippen LogP contribution in [0.3, 0.4) is 0 Å². The Bertz CT molecular complexity index is 749. The number of ether oxygens (including phenoxy) is 1. The van der Waals surface area contributed by atoms with Gasteiger partial charge in [-0.05, 0) is 55.7 Å². The van der Waals surface area contributed by atoms with E-state index in [9.17, 15) is 4.79 Å². The van der Waals surface area contributed by atoms with Gasteiger partial charge in [-0.1, -0.05) is 6.07 Å². The van der Waals surface area contributed by atoms with Gasteiger partial charge in [0.2, 0.25) is 0 Å². The number of rotatable bonds is 1. The summed E-state index contributed by atoms with van der Waals surface area (Å²) in [5, 5.41) is 2.95. The Hall–Kier alpha value is -2.49. The molecule has 1 fully saturated rings. The molecular weight excluding hydrogens is 276 g/mol. The van der Waals surface area contributed by atoms with E-state index in [0.29, 0.717) is 17.1 Å². The highest BCUT2D eigenvalue weighted by Gasteiger charge is 2.23. The average molecular weight is 294 g/mol. The third-order valence-corrected chi connectivity index (χ3v) is 4.28. The molecule has 4 nitrogen and oxygen atoms in total. The molecule has 4 heteroatoms. The van der Waals surface area contributed by atoms with Crippen LogP contribution < -0.4 is 15.0 Å². The molecule has 0 bridgehead atoms. The summed E-state index contributed by atoms with van der Waals surface area (Å²) in [7, 11) is 0. The van der Waals surface area contributed by atoms with Crippen LogP contribution in [0.1, 0.15) is 28.8 Å². The van der Waals surface area contributed by atoms with E-state index in [-0.39, 0.29) is 5.91 Å². The number of anilines is 2. The van der Waals surface area contributed by atoms with Crippen LogP contribution in [0.4, 0.5) is 11.4 Å². The van der Waals surface area contributed by atoms with E-state index in [4.69, 9.17) is 4.74 Å². The molecule has 0 atom stereocenters. The van der Waals surface area contributed by atoms with Crippen molar-refractivity contribution in [1.29, 1.82) is 0 Å². The van der Waals surface area contributed by atoms with E-state index in [1.54, 1.807) is 0 Å². The Morgan fingerprint density at radius 1 is 1.05 bits per heavy atom. The molecule has 2 aromatic carbocycles. The second kappa shape index (κ2) is 5.05. The minimum absolute atomic E-state index is 0.111. The van der Waals surface area contributed by atoms with Gasteiger partial charge in [0.25, 0.3) is 5.91 Å². The molecule has 0 spiro atoms. The fraction of sp³-hybridized carbons (Fsp3) is 0.278. The number of hydrogen-bond acceptors (Lipinski definition) is 3. The minimum Gasteiger partial charge on any atom is -0.454 e. The first-order chi connectivity index (χ1) is 10.7. The van der Waals surface area contributed by atoms with Crippen molar-refractivity contribution in [2.24, 2.45) is 0 Å². The normalized spacial score (nSPS) is 16.4. The molecule has 4 rings (SSSR count). The number of aryl methyl sites for hydroxylation is 1. The molecule has 1 saturated heterocycles. The summed E-state index contributed by atoms with van der Waals surface area (Å²) < 4.78 is 5.94. The molecular formula is C18H18N2O2. The summed E-state index contributed by atoms with van der Waals surface area (Å²) in [4.78, 5) is 14.9. The molecule has 0 radical (unpaired) electrons. The average Bonchev–Trinajstić information content (AvgIpc) is 3.00. The Morgan fingerprint density at radius 2 is 1.82 bits per heavy atom. The predicted molar refractivity (Wildman–Crippen MR) is 87.1 cm³/mol. The van der Waals surface area contributed by atoms with Gasteiger partial charge >= 0.3 is 0 Å². The zero-order chi connectivity index (χ0) is 15.1. The molecule has 0 aliphatic carbocycles. The van der Waals surface area contributed by atoms with Gasteiger partial charge in [0.1, 0.15) is 5.75 Å². The molecule has 2 aliphatic rings. The molecule has 0 unspecified atom stereocenters. The van der Waals surface area contributed by atoms with Gasteiger partial charge in [-0.15, -0.1) is 0 Å². The van der Waals surface area contributed by atoms with Crippen molar-refractivity contribution < 1.29 is 9.53 Å². The SMILES string of the molecule is Cc1ccc2c(c1)NC(=O)c1cc(N3CCCC3)ccc1O2. The Balaban J connectivity index is 1.75. The Morgan fingerprint density at radius 3 is 2.64 bits per heavy atom. The summed E-state index contributed by atoms with van der Waals surface area (Å²) in [5.74, 6) is 1.19. The third kappa shape index (κ3) is 2.21. The van der Waals surface area contributed by atoms with Gasteiger partial charge in [0.15, 0.2) is 5.75 Å². The zero-order valence-electron chi connectivity index (χ0n) is 12.6. The highest BCUT2D eigenvalue weighted by molar-refractivity contribution is 6.08. The number of nitrogens with zero attached hydrogens (tertiary/aromatic N) is 1. The summed E-state index contributed by atoms with van der Waals surface area (Å²) in [6.07, 6.45) is 2.43. The van der Waals surface area contributed by atoms with Gasteiger partial charge in [-0.25, -0.2) is 0 Å². The maximum absolute atomic E-state index is 12.5. The topological polar surface area (TPSA) is 41.6 Å². The molecule has 1 N–H and O–H groups in total. The second-order valence-electron chi connectivity index (χ2n) is 5.93. The highest BCUT2D eigenvalue weighted by Crippen LogP contribution is 2.37. The van der Waals surface area contributed by atoms with Crippen LogP contribution in [-0.2, 0) is 0 Å². The Labute approximate surface area is 129 Å². The van der Waals surface area contributed by atoms with Crippen molar-refractivity contribution in [2.75, 3.05) is 23.3 Å². The lowest BCUT2D eigenvalue weighted by molar-refractivity contribution is 0.102. The predicted octanol–water partition coefficient (Wildman–Crippen LogP) is 3.95. The summed E-state index contributed by atoms with van der Waals surface area (Å²) in [6, 6.07) is 11.7. The molecule has 0 saturated carbocycles. The number of amides is 1. The first kappa shape index (κ1) is 13.2. The van der Waals surface area contributed by atoms with E-state index in [2.05, 4.69) is 10.2 Å². The highest BCUT2D eigenvalue weighted by atomic mass is 16.5. The van der Waals surface area contributed by atoms with Crippen LogP contribution in [0.15, 0.2) is 36.4 Å². The van der Waals surface area contributed by atoms with Crippen LogP contribution >= 0.6 is 0 Å². The van der Waals surface area contributed by atoms with E-state index < -0.39 is 0 Å². The largest absolute Gasteiger partial charge is 0.454 e. The summed E-state index contributed by atoms with van der Waals surface area (Å²) >= 11 is 0. The van der Waals surface area contributed by atoms with E-state index >= 15 is 0 Å². The number of carbonyl (C=O) groups is 1. The lowest BCUT2D eigenvalue weighted by atomic mass is 10.1. The maximum Gasteiger partial charge on any atom is 0.259 e. The minimum atomic E-state index is -0.111. The van der Waals surface area contributed by atoms with Gasteiger partial charge in [0.05, 0.1) is 11.3 Å². The number of benzene rings is 2. The monoisotopic (exact) mass is 294 g/mol. The number of carbonyl (C=O) groups excluding carboxylic acids is 1. The van der Waals surface area contributed by atoms with Gasteiger partial charge < -0.3 is 15.0 Å². The molecule has 0 aromatic heterocycles. The summed E-state index contributed by atoms with van der Waals surface area (Å²) in [5.41, 5.74) is 3.51. The van der Waals surface area contributed by atoms with Crippen LogP contribution in [0, 0.1) is 6.92 Å². The number of nitrogens with one attached hydrogen (secondary N) is 1. The molecule has 2 heterocycles. The van der Waals surface area contributed by atoms with Crippen LogP contribution in [0.5, 0.6) is 11.5 Å². The maximum atomic E-state index is 12.5. The molecule has 2 aliphatic heterocycles. The van der Waals surface area contributed by atoms with Crippen molar-refractivity contribution in [3.8, 4) is 11.5 Å². The first-order valence-corrected chi connectivity index (χ1v) is 7.69. The van der Waals surface area contributed by atoms with Crippen molar-refractivity contribution in [3.05, 3.63) is 47.5 Å². The van der Waals surface area contributed by atoms with Crippen LogP contribution in [0.2, 0.25) is 0 Å². The number of fused-ring (bicyclic) bond motifs is 2. The van der Waals surface area contributed by atoms with Gasteiger partial charge in [-0.2, -0.15) is 0 Å². The molecule has 112 valence electrons. The molecule has 2 aromatic rings. The lowest BCUT2D eigenvalue weighted by Crippen LogP contribution is -2.18. The first-order valence-electron chi connectivity index (χ1n) is 7.69. The zero-order valence-corrected chi connectivity index (χ0v) is 12.6. The fourth-order valence-electron chi connectivity index (χ4n) is 3.10. The molecule has 1 amide bonds. The second-order valence-corrected chi connectivity index (χ2v) is 5.93. The Kier molecular flexibility index (Phi) is 3.03. The quantitative estimate of drug-likeness (QED) is 0.865. The number of hydrogen-bond donors (Lipinski definition) is 1. The van der Waals surface area contributed by atoms with E-state index in [0.717, 1.165) is 30.0 Å². The van der Waals surface area contributed by atoms with Gasteiger partial charge in [-0.3, -0.25) is 4.79 Å². The fourth-order valence-corrected chi connectivity index (χ4v) is 3.10. The van der Waals surface area contributed by atoms with Crippen molar-refractivity contribution >= 4 is 17.3 Å². The van der Waals surface area contributed by atoms with E-state index in [1.165, 1.54) is 12.8 Å². The van der Waals surface area contributed by atoms with Crippen molar-refractivity contribution in [3.63, 3.8) is 0 Å². The third-order valence-electron chi connectivity index (χ3n) is 4.28. The van der Waals surface area contributed by atoms with Gasteiger partial charge in [0, 0.05) is 18.8 Å². The van der Waals surface area contributed by atoms with Crippen LogP contribution in [0.25, 0.3) is 0 Å². The van der Waals surface area contributed by atoms with Crippen LogP contribution in [-0.4, -0.2) is 19.0 Å².